The van der Waals surface area contributed by atoms with Gasteiger partial charge in [-0.25, -0.2) is 0 Å². The predicted molar refractivity (Wildman–Crippen MR) is 128 cm³/mol. The quantitative estimate of drug-likeness (QED) is 0.379. The highest BCUT2D eigenvalue weighted by Gasteiger charge is 2.22. The number of nitrogens with one attached hydrogen (secondary N) is 1. The highest BCUT2D eigenvalue weighted by molar-refractivity contribution is 14.0. The van der Waals surface area contributed by atoms with Crippen LogP contribution in [-0.4, -0.2) is 62.6 Å². The lowest BCUT2D eigenvalue weighted by molar-refractivity contribution is 0.177. The van der Waals surface area contributed by atoms with Crippen LogP contribution >= 0.6 is 24.0 Å². The van der Waals surface area contributed by atoms with E-state index in [9.17, 15) is 0 Å². The van der Waals surface area contributed by atoms with E-state index in [1.54, 1.807) is 7.11 Å². The van der Waals surface area contributed by atoms with Crippen LogP contribution < -0.4 is 10.1 Å². The van der Waals surface area contributed by atoms with Crippen LogP contribution in [0.3, 0.4) is 0 Å². The monoisotopic (exact) mass is 500 g/mol. The number of piperidine rings is 2. The molecule has 0 amide bonds. The number of aliphatic imine (C=N–C) groups is 1. The second-order valence-electron chi connectivity index (χ2n) is 8.19. The molecule has 0 aliphatic carbocycles. The van der Waals surface area contributed by atoms with Crippen molar-refractivity contribution in [3.8, 4) is 5.75 Å². The SMILES string of the molecule is CN=C(NCC1CCN(Cc2ccc(OC)cc2)CC1)N1CCCC(C)C1.I. The Morgan fingerprint density at radius 1 is 1.14 bits per heavy atom. The molecule has 0 aromatic heterocycles. The fourth-order valence-corrected chi connectivity index (χ4v) is 4.29. The van der Waals surface area contributed by atoms with Gasteiger partial charge in [0.2, 0.25) is 0 Å². The predicted octanol–water partition coefficient (Wildman–Crippen LogP) is 3.83. The van der Waals surface area contributed by atoms with Crippen LogP contribution in [0.5, 0.6) is 5.75 Å². The zero-order valence-electron chi connectivity index (χ0n) is 17.7. The van der Waals surface area contributed by atoms with Gasteiger partial charge in [0.15, 0.2) is 5.96 Å². The van der Waals surface area contributed by atoms with E-state index >= 15 is 0 Å². The Kier molecular flexibility index (Phi) is 9.85. The number of halogens is 1. The molecule has 0 radical (unpaired) electrons. The molecule has 5 nitrogen and oxygen atoms in total. The van der Waals surface area contributed by atoms with Gasteiger partial charge in [0.05, 0.1) is 7.11 Å². The first-order chi connectivity index (χ1) is 13.2. The van der Waals surface area contributed by atoms with Crippen LogP contribution in [-0.2, 0) is 6.54 Å². The maximum atomic E-state index is 5.24. The third kappa shape index (κ3) is 6.79. The Balaban J connectivity index is 0.00000280. The third-order valence-corrected chi connectivity index (χ3v) is 5.99. The Hall–Kier alpha value is -1.02. The van der Waals surface area contributed by atoms with E-state index in [1.807, 2.05) is 7.05 Å². The van der Waals surface area contributed by atoms with Crippen molar-refractivity contribution in [2.45, 2.75) is 39.2 Å². The second-order valence-corrected chi connectivity index (χ2v) is 8.19. The Labute approximate surface area is 187 Å². The van der Waals surface area contributed by atoms with Crippen molar-refractivity contribution in [3.63, 3.8) is 0 Å². The Morgan fingerprint density at radius 2 is 1.86 bits per heavy atom. The van der Waals surface area contributed by atoms with Gasteiger partial charge in [0.1, 0.15) is 5.75 Å². The van der Waals surface area contributed by atoms with Gasteiger partial charge in [-0.3, -0.25) is 9.89 Å². The number of hydrogen-bond acceptors (Lipinski definition) is 3. The summed E-state index contributed by atoms with van der Waals surface area (Å²) in [6.45, 7) is 9.07. The minimum absolute atomic E-state index is 0. The number of hydrogen-bond donors (Lipinski definition) is 1. The summed E-state index contributed by atoms with van der Waals surface area (Å²) in [6.07, 6.45) is 5.15. The van der Waals surface area contributed by atoms with Crippen LogP contribution in [0.25, 0.3) is 0 Å². The Morgan fingerprint density at radius 3 is 2.46 bits per heavy atom. The molecule has 158 valence electrons. The van der Waals surface area contributed by atoms with Crippen LogP contribution in [0.1, 0.15) is 38.2 Å². The normalized spacial score (nSPS) is 21.9. The Bertz CT molecular complexity index is 599. The summed E-state index contributed by atoms with van der Waals surface area (Å²) < 4.78 is 5.24. The first kappa shape index (κ1) is 23.3. The largest absolute Gasteiger partial charge is 0.497 e. The molecular weight excluding hydrogens is 463 g/mol. The minimum atomic E-state index is 0. The molecule has 0 spiro atoms. The van der Waals surface area contributed by atoms with Gasteiger partial charge in [-0.2, -0.15) is 0 Å². The molecule has 0 bridgehead atoms. The summed E-state index contributed by atoms with van der Waals surface area (Å²) in [5.74, 6) is 3.55. The first-order valence-electron chi connectivity index (χ1n) is 10.5. The van der Waals surface area contributed by atoms with Crippen molar-refractivity contribution < 1.29 is 4.74 Å². The van der Waals surface area contributed by atoms with Crippen molar-refractivity contribution in [1.82, 2.24) is 15.1 Å². The maximum Gasteiger partial charge on any atom is 0.193 e. The van der Waals surface area contributed by atoms with E-state index < -0.39 is 0 Å². The second kappa shape index (κ2) is 11.9. The summed E-state index contributed by atoms with van der Waals surface area (Å²) in [5.41, 5.74) is 1.37. The number of methoxy groups -OCH3 is 1. The summed E-state index contributed by atoms with van der Waals surface area (Å²) in [4.78, 5) is 9.53. The molecule has 2 aliphatic heterocycles. The molecule has 1 aromatic carbocycles. The lowest BCUT2D eigenvalue weighted by Gasteiger charge is -2.35. The smallest absolute Gasteiger partial charge is 0.193 e. The van der Waals surface area contributed by atoms with E-state index in [2.05, 4.69) is 51.3 Å². The van der Waals surface area contributed by atoms with E-state index in [0.717, 1.165) is 49.7 Å². The van der Waals surface area contributed by atoms with E-state index in [4.69, 9.17) is 4.74 Å². The van der Waals surface area contributed by atoms with Crippen molar-refractivity contribution in [2.24, 2.45) is 16.8 Å². The molecular formula is C22H37IN4O. The van der Waals surface area contributed by atoms with Gasteiger partial charge in [-0.15, -0.1) is 24.0 Å². The van der Waals surface area contributed by atoms with Crippen molar-refractivity contribution in [1.29, 1.82) is 0 Å². The molecule has 0 saturated carbocycles. The number of ether oxygens (including phenoxy) is 1. The number of likely N-dealkylation sites (tertiary alicyclic amines) is 2. The number of guanidine groups is 1. The molecule has 2 saturated heterocycles. The highest BCUT2D eigenvalue weighted by atomic mass is 127. The van der Waals surface area contributed by atoms with Gasteiger partial charge >= 0.3 is 0 Å². The molecule has 1 atom stereocenters. The highest BCUT2D eigenvalue weighted by Crippen LogP contribution is 2.20. The lowest BCUT2D eigenvalue weighted by atomic mass is 9.96. The summed E-state index contributed by atoms with van der Waals surface area (Å²) in [5, 5.41) is 3.65. The van der Waals surface area contributed by atoms with Crippen molar-refractivity contribution in [3.05, 3.63) is 29.8 Å². The molecule has 28 heavy (non-hydrogen) atoms. The van der Waals surface area contributed by atoms with Gasteiger partial charge < -0.3 is 15.0 Å². The molecule has 6 heteroatoms. The zero-order valence-corrected chi connectivity index (χ0v) is 20.0. The molecule has 3 rings (SSSR count). The van der Waals surface area contributed by atoms with Crippen LogP contribution in [0, 0.1) is 11.8 Å². The zero-order chi connectivity index (χ0) is 19.1. The van der Waals surface area contributed by atoms with Gasteiger partial charge in [0, 0.05) is 33.2 Å². The molecule has 1 unspecified atom stereocenters. The van der Waals surface area contributed by atoms with Gasteiger partial charge in [-0.05, 0) is 68.3 Å². The molecule has 2 heterocycles. The summed E-state index contributed by atoms with van der Waals surface area (Å²) in [6, 6.07) is 8.46. The van der Waals surface area contributed by atoms with E-state index in [0.29, 0.717) is 0 Å². The fraction of sp³-hybridized carbons (Fsp3) is 0.682. The van der Waals surface area contributed by atoms with Crippen LogP contribution in [0.4, 0.5) is 0 Å². The molecule has 2 aliphatic rings. The van der Waals surface area contributed by atoms with Crippen molar-refractivity contribution in [2.75, 3.05) is 46.9 Å². The molecule has 1 aromatic rings. The standard InChI is InChI=1S/C22H36N4O.HI/c1-18-5-4-12-26(16-18)22(23-2)24-15-19-10-13-25(14-11-19)17-20-6-8-21(27-3)9-7-20;/h6-9,18-19H,4-5,10-17H2,1-3H3,(H,23,24);1H. The van der Waals surface area contributed by atoms with Gasteiger partial charge in [-0.1, -0.05) is 19.1 Å². The van der Waals surface area contributed by atoms with Crippen molar-refractivity contribution >= 4 is 29.9 Å². The molecule has 1 N–H and O–H groups in total. The van der Waals surface area contributed by atoms with Gasteiger partial charge in [0.25, 0.3) is 0 Å². The third-order valence-electron chi connectivity index (χ3n) is 5.99. The first-order valence-corrected chi connectivity index (χ1v) is 10.5. The number of nitrogens with zero attached hydrogens (tertiary/aromatic N) is 3. The van der Waals surface area contributed by atoms with Crippen LogP contribution in [0.15, 0.2) is 29.3 Å². The number of benzene rings is 1. The maximum absolute atomic E-state index is 5.24. The lowest BCUT2D eigenvalue weighted by Crippen LogP contribution is -2.48. The average molecular weight is 500 g/mol. The average Bonchev–Trinajstić information content (AvgIpc) is 2.70. The molecule has 2 fully saturated rings. The topological polar surface area (TPSA) is 40.1 Å². The number of rotatable bonds is 5. The van der Waals surface area contributed by atoms with Crippen LogP contribution in [0.2, 0.25) is 0 Å². The summed E-state index contributed by atoms with van der Waals surface area (Å²) in [7, 11) is 3.63. The summed E-state index contributed by atoms with van der Waals surface area (Å²) >= 11 is 0. The minimum Gasteiger partial charge on any atom is -0.497 e. The fourth-order valence-electron chi connectivity index (χ4n) is 4.29. The van der Waals surface area contributed by atoms with E-state index in [1.165, 1.54) is 44.3 Å². The van der Waals surface area contributed by atoms with E-state index in [-0.39, 0.29) is 24.0 Å².